The molecular weight excluding hydrogens is 415 g/mol. The Hall–Kier alpha value is -1.65. The Morgan fingerprint density at radius 1 is 1.32 bits per heavy atom. The Kier molecular flexibility index (Phi) is 6.61. The number of thiazole rings is 1. The van der Waals surface area contributed by atoms with Crippen LogP contribution in [0.4, 0.5) is 0 Å². The number of aliphatic imine (C=N–C) groups is 1. The van der Waals surface area contributed by atoms with Crippen molar-refractivity contribution < 1.29 is 4.74 Å². The summed E-state index contributed by atoms with van der Waals surface area (Å²) >= 11 is 13.8. The molecule has 1 aromatic heterocycles. The van der Waals surface area contributed by atoms with Gasteiger partial charge in [0, 0.05) is 33.3 Å². The van der Waals surface area contributed by atoms with Gasteiger partial charge in [0.1, 0.15) is 0 Å². The van der Waals surface area contributed by atoms with E-state index < -0.39 is 0 Å². The van der Waals surface area contributed by atoms with E-state index in [1.54, 1.807) is 29.5 Å². The fourth-order valence-corrected chi connectivity index (χ4v) is 4.51. The zero-order chi connectivity index (χ0) is 20.3. The van der Waals surface area contributed by atoms with Gasteiger partial charge in [0.05, 0.1) is 12.6 Å². The molecule has 8 heteroatoms. The van der Waals surface area contributed by atoms with Crippen LogP contribution in [-0.4, -0.2) is 23.1 Å². The smallest absolute Gasteiger partial charge is 0.207 e. The monoisotopic (exact) mass is 436 g/mol. The van der Waals surface area contributed by atoms with Crippen molar-refractivity contribution in [2.24, 2.45) is 9.98 Å². The average Bonchev–Trinajstić information content (AvgIpc) is 3.24. The minimum Gasteiger partial charge on any atom is -0.376 e. The largest absolute Gasteiger partial charge is 0.376 e. The second kappa shape index (κ2) is 8.79. The number of nitrogens with zero attached hydrogens (tertiary/aromatic N) is 4. The van der Waals surface area contributed by atoms with E-state index in [0.29, 0.717) is 15.6 Å². The number of hydrogen-bond acceptors (Lipinski definition) is 4. The molecule has 0 saturated carbocycles. The first-order chi connectivity index (χ1) is 13.3. The van der Waals surface area contributed by atoms with Crippen molar-refractivity contribution in [1.82, 2.24) is 4.57 Å². The van der Waals surface area contributed by atoms with Gasteiger partial charge in [-0.05, 0) is 36.5 Å². The van der Waals surface area contributed by atoms with E-state index in [1.807, 2.05) is 6.19 Å². The third-order valence-electron chi connectivity index (χ3n) is 4.36. The molecule has 2 heterocycles. The van der Waals surface area contributed by atoms with Crippen molar-refractivity contribution in [1.29, 1.82) is 5.26 Å². The van der Waals surface area contributed by atoms with Gasteiger partial charge in [-0.1, -0.05) is 44.0 Å². The van der Waals surface area contributed by atoms with E-state index >= 15 is 0 Å². The van der Waals surface area contributed by atoms with Crippen molar-refractivity contribution >= 4 is 40.4 Å². The molecule has 1 fully saturated rings. The molecule has 3 rings (SSSR count). The highest BCUT2D eigenvalue weighted by Gasteiger charge is 2.21. The second-order valence-corrected chi connectivity index (χ2v) is 9.60. The number of amidine groups is 1. The van der Waals surface area contributed by atoms with E-state index in [1.165, 1.54) is 4.88 Å². The van der Waals surface area contributed by atoms with Gasteiger partial charge >= 0.3 is 0 Å². The van der Waals surface area contributed by atoms with Gasteiger partial charge in [-0.15, -0.1) is 11.3 Å². The van der Waals surface area contributed by atoms with Crippen molar-refractivity contribution in [2.75, 3.05) is 6.61 Å². The summed E-state index contributed by atoms with van der Waals surface area (Å²) in [6.07, 6.45) is 6.26. The van der Waals surface area contributed by atoms with Gasteiger partial charge in [0.2, 0.25) is 6.19 Å². The van der Waals surface area contributed by atoms with Crippen LogP contribution in [0.3, 0.4) is 0 Å². The predicted molar refractivity (Wildman–Crippen MR) is 114 cm³/mol. The SMILES string of the molecule is CC(C)(C)c1cn(C[C@H]2CCCO2)/c(=N/C(=NC#N)c2cc(Cl)cc(Cl)c2)s1. The molecule has 0 bridgehead atoms. The van der Waals surface area contributed by atoms with Gasteiger partial charge in [-0.25, -0.2) is 0 Å². The summed E-state index contributed by atoms with van der Waals surface area (Å²) in [7, 11) is 0. The first-order valence-electron chi connectivity index (χ1n) is 9.06. The summed E-state index contributed by atoms with van der Waals surface area (Å²) < 4.78 is 7.90. The van der Waals surface area contributed by atoms with Gasteiger partial charge in [-0.2, -0.15) is 15.2 Å². The molecule has 1 aromatic carbocycles. The summed E-state index contributed by atoms with van der Waals surface area (Å²) in [5.74, 6) is 0.287. The third-order valence-corrected chi connectivity index (χ3v) is 6.24. The Labute approximate surface area is 178 Å². The third kappa shape index (κ3) is 5.24. The van der Waals surface area contributed by atoms with Crippen LogP contribution < -0.4 is 4.80 Å². The molecule has 1 atom stereocenters. The van der Waals surface area contributed by atoms with Crippen molar-refractivity contribution in [2.45, 2.75) is 51.7 Å². The van der Waals surface area contributed by atoms with Crippen LogP contribution in [0, 0.1) is 11.5 Å². The molecular formula is C20H22Cl2N4OS. The standard InChI is InChI=1S/C20H22Cl2N4OS/c1-20(2,3)17-11-26(10-16-5-4-6-27-16)19(28-17)25-18(24-12-23)13-7-14(21)9-15(22)8-13/h7-9,11,16H,4-6,10H2,1-3H3/b24-18?,25-19-/t16-/m1/s1. The molecule has 0 amide bonds. The molecule has 5 nitrogen and oxygen atoms in total. The lowest BCUT2D eigenvalue weighted by atomic mass is 9.95. The highest BCUT2D eigenvalue weighted by molar-refractivity contribution is 7.09. The van der Waals surface area contributed by atoms with E-state index in [4.69, 9.17) is 38.2 Å². The lowest BCUT2D eigenvalue weighted by molar-refractivity contribution is 0.0963. The maximum atomic E-state index is 9.16. The lowest BCUT2D eigenvalue weighted by Gasteiger charge is -2.15. The molecule has 0 aliphatic carbocycles. The number of rotatable bonds is 3. The van der Waals surface area contributed by atoms with Crippen LogP contribution in [0.1, 0.15) is 44.1 Å². The summed E-state index contributed by atoms with van der Waals surface area (Å²) in [6, 6.07) is 5.04. The molecule has 148 valence electrons. The highest BCUT2D eigenvalue weighted by Crippen LogP contribution is 2.25. The van der Waals surface area contributed by atoms with Crippen LogP contribution in [0.25, 0.3) is 0 Å². The van der Waals surface area contributed by atoms with Crippen molar-refractivity contribution in [3.8, 4) is 6.19 Å². The molecule has 28 heavy (non-hydrogen) atoms. The van der Waals surface area contributed by atoms with E-state index in [9.17, 15) is 0 Å². The lowest BCUT2D eigenvalue weighted by Crippen LogP contribution is -2.23. The number of halogens is 2. The van der Waals surface area contributed by atoms with Crippen LogP contribution in [0.2, 0.25) is 10.0 Å². The summed E-state index contributed by atoms with van der Waals surface area (Å²) in [4.78, 5) is 10.6. The van der Waals surface area contributed by atoms with Crippen LogP contribution in [-0.2, 0) is 16.7 Å². The maximum Gasteiger partial charge on any atom is 0.207 e. The minimum absolute atomic E-state index is 0.0113. The van der Waals surface area contributed by atoms with E-state index in [0.717, 1.165) is 30.8 Å². The molecule has 1 saturated heterocycles. The second-order valence-electron chi connectivity index (χ2n) is 7.72. The molecule has 0 spiro atoms. The van der Waals surface area contributed by atoms with Crippen LogP contribution in [0.15, 0.2) is 34.4 Å². The first-order valence-corrected chi connectivity index (χ1v) is 10.6. The van der Waals surface area contributed by atoms with Gasteiger partial charge in [-0.3, -0.25) is 0 Å². The number of hydrogen-bond donors (Lipinski definition) is 0. The van der Waals surface area contributed by atoms with Crippen LogP contribution in [0.5, 0.6) is 0 Å². The number of aromatic nitrogens is 1. The summed E-state index contributed by atoms with van der Waals surface area (Å²) in [6.45, 7) is 8.03. The fraction of sp³-hybridized carbons (Fsp3) is 0.450. The normalized spacial score (nSPS) is 18.5. The molecule has 0 unspecified atom stereocenters. The van der Waals surface area contributed by atoms with Crippen LogP contribution >= 0.6 is 34.5 Å². The molecule has 1 aliphatic rings. The quantitative estimate of drug-likeness (QED) is 0.378. The van der Waals surface area contributed by atoms with E-state index in [-0.39, 0.29) is 17.4 Å². The Morgan fingerprint density at radius 3 is 2.61 bits per heavy atom. The topological polar surface area (TPSA) is 62.7 Å². The Morgan fingerprint density at radius 2 is 2.04 bits per heavy atom. The molecule has 2 aromatic rings. The fourth-order valence-electron chi connectivity index (χ4n) is 2.93. The predicted octanol–water partition coefficient (Wildman–Crippen LogP) is 5.16. The zero-order valence-corrected chi connectivity index (χ0v) is 18.4. The first kappa shape index (κ1) is 21.1. The van der Waals surface area contributed by atoms with Crippen molar-refractivity contribution in [3.05, 3.63) is 49.7 Å². The van der Waals surface area contributed by atoms with E-state index in [2.05, 4.69) is 36.5 Å². The van der Waals surface area contributed by atoms with Gasteiger partial charge in [0.15, 0.2) is 10.6 Å². The molecule has 0 radical (unpaired) electrons. The highest BCUT2D eigenvalue weighted by atomic mass is 35.5. The van der Waals surface area contributed by atoms with Crippen molar-refractivity contribution in [3.63, 3.8) is 0 Å². The van der Waals surface area contributed by atoms with Gasteiger partial charge in [0.25, 0.3) is 0 Å². The Balaban J connectivity index is 2.09. The molecule has 0 N–H and O–H groups in total. The Bertz CT molecular complexity index is 969. The molecule has 1 aliphatic heterocycles. The van der Waals surface area contributed by atoms with Gasteiger partial charge < -0.3 is 9.30 Å². The number of benzene rings is 1. The minimum atomic E-state index is -0.0113. The summed E-state index contributed by atoms with van der Waals surface area (Å²) in [5, 5.41) is 10.1. The number of nitriles is 1. The maximum absolute atomic E-state index is 9.16. The zero-order valence-electron chi connectivity index (χ0n) is 16.1. The average molecular weight is 437 g/mol. The summed E-state index contributed by atoms with van der Waals surface area (Å²) in [5.41, 5.74) is 0.594. The number of ether oxygens (including phenoxy) is 1.